The first kappa shape index (κ1) is 47.4. The van der Waals surface area contributed by atoms with E-state index in [1.165, 1.54) is 18.2 Å². The number of para-hydroxylation sites is 2. The summed E-state index contributed by atoms with van der Waals surface area (Å²) < 4.78 is 53.8. The standard InChI is InChI=1S/C22H15O4P.C19H15O3P.C18H15O3P/c23-18-13-21(22(24)17-10-2-1-7-14(17)18)27(25)20-12-6-4-9-16(20)15-8-3-5-11-19(15)26-27;1-13-10-11-16(20)19(12-13)23(21)18-9-5-3-7-15(18)14-6-2-4-8-17(14)22-23;19-17-12-11-16(13-18(17)20)22(21,14-7-3-1-4-8-14)15-9-5-2-6-10-15/h1-13,23-24H;2-12,20H,1H3;1-13,19-20H. The largest absolute Gasteiger partial charge is 0.507 e. The third kappa shape index (κ3) is 8.40. The summed E-state index contributed by atoms with van der Waals surface area (Å²) >= 11 is 0. The van der Waals surface area contributed by atoms with Crippen LogP contribution in [0.1, 0.15) is 5.56 Å². The molecular formula is C59H45O10P3. The average Bonchev–Trinajstić information content (AvgIpc) is 3.42. The summed E-state index contributed by atoms with van der Waals surface area (Å²) in [6, 6.07) is 65.8. The van der Waals surface area contributed by atoms with Gasteiger partial charge in [0, 0.05) is 37.8 Å². The van der Waals surface area contributed by atoms with Crippen LogP contribution in [0.2, 0.25) is 0 Å². The van der Waals surface area contributed by atoms with Crippen molar-refractivity contribution in [3.05, 3.63) is 230 Å². The van der Waals surface area contributed by atoms with E-state index >= 15 is 0 Å². The number of aromatic hydroxyl groups is 5. The van der Waals surface area contributed by atoms with Crippen LogP contribution in [0.25, 0.3) is 33.0 Å². The zero-order chi connectivity index (χ0) is 50.2. The van der Waals surface area contributed by atoms with Crippen LogP contribution >= 0.6 is 21.9 Å². The Morgan fingerprint density at radius 2 is 0.806 bits per heavy atom. The molecule has 10 nitrogen and oxygen atoms in total. The Labute approximate surface area is 415 Å². The van der Waals surface area contributed by atoms with Crippen molar-refractivity contribution in [3.8, 4) is 62.5 Å². The highest BCUT2D eigenvalue weighted by Crippen LogP contribution is 2.57. The van der Waals surface area contributed by atoms with Crippen LogP contribution < -0.4 is 46.2 Å². The highest BCUT2D eigenvalue weighted by Gasteiger charge is 2.41. The molecule has 0 aromatic heterocycles. The molecule has 13 heteroatoms. The molecule has 0 spiro atoms. The van der Waals surface area contributed by atoms with Gasteiger partial charge in [0.25, 0.3) is 0 Å². The van der Waals surface area contributed by atoms with Gasteiger partial charge >= 0.3 is 14.7 Å². The van der Waals surface area contributed by atoms with Crippen molar-refractivity contribution in [2.24, 2.45) is 0 Å². The van der Waals surface area contributed by atoms with E-state index in [0.29, 0.717) is 54.1 Å². The van der Waals surface area contributed by atoms with Crippen molar-refractivity contribution < 1.29 is 48.3 Å². The van der Waals surface area contributed by atoms with Gasteiger partial charge in [0.15, 0.2) is 18.6 Å². The summed E-state index contributed by atoms with van der Waals surface area (Å²) in [6.07, 6.45) is 0. The minimum Gasteiger partial charge on any atom is -0.507 e. The molecule has 10 aromatic rings. The molecule has 0 amide bonds. The van der Waals surface area contributed by atoms with Gasteiger partial charge in [-0.15, -0.1) is 0 Å². The summed E-state index contributed by atoms with van der Waals surface area (Å²) in [7, 11) is -10.2. The van der Waals surface area contributed by atoms with Crippen molar-refractivity contribution in [1.82, 2.24) is 0 Å². The number of benzene rings is 10. The lowest BCUT2D eigenvalue weighted by Crippen LogP contribution is -2.25. The Morgan fingerprint density at radius 1 is 0.361 bits per heavy atom. The number of rotatable bonds is 5. The molecule has 2 unspecified atom stereocenters. The molecule has 5 N–H and O–H groups in total. The molecule has 2 aliphatic heterocycles. The Kier molecular flexibility index (Phi) is 12.6. The van der Waals surface area contributed by atoms with Gasteiger partial charge in [0.2, 0.25) is 0 Å². The molecule has 0 saturated heterocycles. The summed E-state index contributed by atoms with van der Waals surface area (Å²) in [5.41, 5.74) is 4.38. The van der Waals surface area contributed by atoms with Crippen molar-refractivity contribution in [3.63, 3.8) is 0 Å². The van der Waals surface area contributed by atoms with Gasteiger partial charge < -0.3 is 39.1 Å². The lowest BCUT2D eigenvalue weighted by atomic mass is 10.0. The SMILES string of the molecule is Cc1ccc(O)c(P2(=O)Oc3ccccc3-c3ccccc32)c1.O=P(c1ccccc1)(c1ccccc1)c1ccc(O)c(O)c1.O=P1(c2cc(O)c3ccccc3c2O)Oc2ccccc2-c2ccccc21. The van der Waals surface area contributed by atoms with Crippen LogP contribution in [0.15, 0.2) is 224 Å². The van der Waals surface area contributed by atoms with Gasteiger partial charge in [-0.1, -0.05) is 164 Å². The Hall–Kier alpha value is -8.25. The van der Waals surface area contributed by atoms with E-state index in [0.717, 1.165) is 27.8 Å². The summed E-state index contributed by atoms with van der Waals surface area (Å²) in [6.45, 7) is 1.90. The molecule has 356 valence electrons. The van der Waals surface area contributed by atoms with Gasteiger partial charge in [0.05, 0.1) is 21.2 Å². The number of aryl methyl sites for hydroxylation is 1. The molecule has 72 heavy (non-hydrogen) atoms. The fourth-order valence-electron chi connectivity index (χ4n) is 9.04. The second-order valence-corrected chi connectivity index (χ2v) is 24.3. The third-order valence-electron chi connectivity index (χ3n) is 12.6. The van der Waals surface area contributed by atoms with E-state index in [-0.39, 0.29) is 34.1 Å². The minimum atomic E-state index is -3.67. The number of hydrogen-bond acceptors (Lipinski definition) is 10. The smallest absolute Gasteiger partial charge is 0.311 e. The molecular weight excluding hydrogens is 962 g/mol. The first-order chi connectivity index (χ1) is 34.8. The predicted molar refractivity (Wildman–Crippen MR) is 288 cm³/mol. The number of fused-ring (bicyclic) bond motifs is 7. The molecule has 12 rings (SSSR count). The van der Waals surface area contributed by atoms with Crippen LogP contribution in [0, 0.1) is 6.92 Å². The second-order valence-electron chi connectivity index (χ2n) is 17.1. The Balaban J connectivity index is 0.000000125. The maximum absolute atomic E-state index is 14.1. The van der Waals surface area contributed by atoms with Crippen LogP contribution in [0.4, 0.5) is 0 Å². The molecule has 0 radical (unpaired) electrons. The van der Waals surface area contributed by atoms with Gasteiger partial charge in [-0.2, -0.15) is 0 Å². The highest BCUT2D eigenvalue weighted by atomic mass is 31.2. The molecule has 2 heterocycles. The van der Waals surface area contributed by atoms with Crippen molar-refractivity contribution >= 4 is 69.8 Å². The normalized spacial score (nSPS) is 16.1. The van der Waals surface area contributed by atoms with Crippen molar-refractivity contribution in [2.75, 3.05) is 0 Å². The monoisotopic (exact) mass is 1010 g/mol. The van der Waals surface area contributed by atoms with E-state index in [2.05, 4.69) is 0 Å². The van der Waals surface area contributed by atoms with Gasteiger partial charge in [-0.25, -0.2) is 0 Å². The maximum atomic E-state index is 14.1. The van der Waals surface area contributed by atoms with Crippen LogP contribution in [0.5, 0.6) is 40.2 Å². The fraction of sp³-hybridized carbons (Fsp3) is 0.0169. The van der Waals surface area contributed by atoms with E-state index in [9.17, 15) is 39.2 Å². The minimum absolute atomic E-state index is 0.00637. The molecule has 0 saturated carbocycles. The molecule has 10 aromatic carbocycles. The lowest BCUT2D eigenvalue weighted by molar-refractivity contribution is 0.404. The molecule has 0 aliphatic carbocycles. The average molecular weight is 1010 g/mol. The van der Waals surface area contributed by atoms with Crippen LogP contribution in [-0.4, -0.2) is 25.5 Å². The quantitative estimate of drug-likeness (QED) is 0.0635. The molecule has 2 atom stereocenters. The topological polar surface area (TPSA) is 171 Å². The van der Waals surface area contributed by atoms with Crippen LogP contribution in [-0.2, 0) is 13.7 Å². The molecule has 0 fully saturated rings. The number of hydrogen-bond donors (Lipinski definition) is 5. The summed E-state index contributed by atoms with van der Waals surface area (Å²) in [4.78, 5) is 0. The van der Waals surface area contributed by atoms with E-state index < -0.39 is 21.9 Å². The zero-order valence-electron chi connectivity index (χ0n) is 38.5. The van der Waals surface area contributed by atoms with E-state index in [1.807, 2.05) is 146 Å². The first-order valence-corrected chi connectivity index (χ1v) is 27.7. The van der Waals surface area contributed by atoms with E-state index in [4.69, 9.17) is 9.05 Å². The van der Waals surface area contributed by atoms with Crippen molar-refractivity contribution in [2.45, 2.75) is 6.92 Å². The Bertz CT molecular complexity index is 3800. The van der Waals surface area contributed by atoms with Crippen molar-refractivity contribution in [1.29, 1.82) is 0 Å². The maximum Gasteiger partial charge on any atom is 0.311 e. The number of phenolic OH excluding ortho intramolecular Hbond substituents is 5. The van der Waals surface area contributed by atoms with Gasteiger partial charge in [0.1, 0.15) is 28.7 Å². The summed E-state index contributed by atoms with van der Waals surface area (Å²) in [5.74, 6) is 0.380. The third-order valence-corrected chi connectivity index (χ3v) is 20.5. The summed E-state index contributed by atoms with van der Waals surface area (Å²) in [5, 5.41) is 55.3. The van der Waals surface area contributed by atoms with Gasteiger partial charge in [-0.05, 0) is 84.3 Å². The number of phenols is 5. The highest BCUT2D eigenvalue weighted by molar-refractivity contribution is 7.85. The zero-order valence-corrected chi connectivity index (χ0v) is 41.2. The Morgan fingerprint density at radius 3 is 1.35 bits per heavy atom. The molecule has 0 bridgehead atoms. The first-order valence-electron chi connectivity index (χ1n) is 22.8. The second kappa shape index (κ2) is 19.2. The van der Waals surface area contributed by atoms with E-state index in [1.54, 1.807) is 66.7 Å². The van der Waals surface area contributed by atoms with Gasteiger partial charge in [-0.3, -0.25) is 9.13 Å². The molecule has 2 aliphatic rings. The van der Waals surface area contributed by atoms with Crippen LogP contribution in [0.3, 0.4) is 0 Å². The fourth-order valence-corrected chi connectivity index (χ4v) is 16.5. The predicted octanol–water partition coefficient (Wildman–Crippen LogP) is 11.3. The lowest BCUT2D eigenvalue weighted by Gasteiger charge is -2.29.